The largest absolute Gasteiger partial charge is 0.497 e. The molecule has 5 heteroatoms. The number of carbonyl (C=O) groups excluding carboxylic acids is 1. The van der Waals surface area contributed by atoms with Gasteiger partial charge in [0, 0.05) is 23.8 Å². The smallest absolute Gasteiger partial charge is 0.270 e. The Labute approximate surface area is 111 Å². The molecule has 0 saturated heterocycles. The Kier molecular flexibility index (Phi) is 4.85. The summed E-state index contributed by atoms with van der Waals surface area (Å²) in [5.41, 5.74) is 0.686. The average molecular weight is 274 g/mol. The highest BCUT2D eigenvalue weighted by Gasteiger charge is 2.16. The molecule has 0 aliphatic rings. The van der Waals surface area contributed by atoms with Crippen molar-refractivity contribution in [2.75, 3.05) is 19.1 Å². The number of amides is 1. The Morgan fingerprint density at radius 3 is 2.53 bits per heavy atom. The third-order valence-corrected chi connectivity index (χ3v) is 2.97. The van der Waals surface area contributed by atoms with Gasteiger partial charge in [-0.25, -0.2) is 0 Å². The second-order valence-corrected chi connectivity index (χ2v) is 4.36. The summed E-state index contributed by atoms with van der Waals surface area (Å²) in [7, 11) is 3.19. The van der Waals surface area contributed by atoms with E-state index < -0.39 is 0 Å². The first kappa shape index (κ1) is 13.9. The van der Waals surface area contributed by atoms with Gasteiger partial charge in [-0.3, -0.25) is 4.79 Å². The molecule has 1 aromatic rings. The molecule has 1 rings (SSSR count). The molecule has 1 amide bonds. The van der Waals surface area contributed by atoms with Gasteiger partial charge in [0.15, 0.2) is 0 Å². The van der Waals surface area contributed by atoms with Crippen molar-refractivity contribution < 1.29 is 9.53 Å². The number of ether oxygens (including phenoxy) is 1. The first-order valence-electron chi connectivity index (χ1n) is 4.91. The number of nitrogens with zero attached hydrogens (tertiary/aromatic N) is 1. The number of halogens is 2. The Bertz CT molecular complexity index is 454. The van der Waals surface area contributed by atoms with E-state index >= 15 is 0 Å². The highest BCUT2D eigenvalue weighted by atomic mass is 35.5. The van der Waals surface area contributed by atoms with Gasteiger partial charge in [-0.1, -0.05) is 29.3 Å². The molecule has 0 bridgehead atoms. The quantitative estimate of drug-likeness (QED) is 0.791. The molecule has 0 aliphatic heterocycles. The van der Waals surface area contributed by atoms with Crippen LogP contribution >= 0.6 is 23.2 Å². The second kappa shape index (κ2) is 5.94. The summed E-state index contributed by atoms with van der Waals surface area (Å²) >= 11 is 11.5. The minimum Gasteiger partial charge on any atom is -0.497 e. The fraction of sp³-hybridized carbons (Fsp3) is 0.250. The van der Waals surface area contributed by atoms with E-state index in [1.54, 1.807) is 45.3 Å². The molecule has 92 valence electrons. The normalized spacial score (nSPS) is 11.8. The molecule has 0 spiro atoms. The maximum absolute atomic E-state index is 11.9. The van der Waals surface area contributed by atoms with Crippen LogP contribution in [0.15, 0.2) is 34.3 Å². The fourth-order valence-corrected chi connectivity index (χ4v) is 1.44. The number of rotatable bonds is 3. The van der Waals surface area contributed by atoms with Gasteiger partial charge < -0.3 is 9.64 Å². The minimum atomic E-state index is -0.354. The lowest BCUT2D eigenvalue weighted by Gasteiger charge is -2.17. The minimum absolute atomic E-state index is 0.0111. The van der Waals surface area contributed by atoms with Crippen molar-refractivity contribution in [3.63, 3.8) is 0 Å². The van der Waals surface area contributed by atoms with E-state index in [-0.39, 0.29) is 16.0 Å². The van der Waals surface area contributed by atoms with E-state index in [0.717, 1.165) is 0 Å². The molecule has 0 heterocycles. The molecule has 0 N–H and O–H groups in total. The van der Waals surface area contributed by atoms with Crippen molar-refractivity contribution in [3.8, 4) is 5.75 Å². The van der Waals surface area contributed by atoms with Crippen LogP contribution < -0.4 is 9.64 Å². The van der Waals surface area contributed by atoms with Crippen molar-refractivity contribution >= 4 is 34.8 Å². The van der Waals surface area contributed by atoms with Gasteiger partial charge >= 0.3 is 0 Å². The van der Waals surface area contributed by atoms with Crippen LogP contribution in [0.1, 0.15) is 6.92 Å². The van der Waals surface area contributed by atoms with Crippen molar-refractivity contribution in [2.24, 2.45) is 0 Å². The summed E-state index contributed by atoms with van der Waals surface area (Å²) < 4.78 is 5.08. The van der Waals surface area contributed by atoms with Gasteiger partial charge in [0.05, 0.1) is 7.11 Å². The highest BCUT2D eigenvalue weighted by molar-refractivity contribution is 6.49. The summed E-state index contributed by atoms with van der Waals surface area (Å²) in [4.78, 5) is 13.3. The van der Waals surface area contributed by atoms with E-state index in [0.29, 0.717) is 11.4 Å². The average Bonchev–Trinajstić information content (AvgIpc) is 2.36. The highest BCUT2D eigenvalue weighted by Crippen LogP contribution is 2.23. The van der Waals surface area contributed by atoms with Crippen LogP contribution in [0.25, 0.3) is 0 Å². The van der Waals surface area contributed by atoms with E-state index in [9.17, 15) is 4.79 Å². The van der Waals surface area contributed by atoms with Crippen molar-refractivity contribution in [1.29, 1.82) is 0 Å². The molecule has 17 heavy (non-hydrogen) atoms. The van der Waals surface area contributed by atoms with Crippen LogP contribution in [0.2, 0.25) is 0 Å². The molecule has 0 unspecified atom stereocenters. The number of carbonyl (C=O) groups is 1. The van der Waals surface area contributed by atoms with E-state index in [1.165, 1.54) is 4.90 Å². The number of anilines is 1. The van der Waals surface area contributed by atoms with Crippen LogP contribution in [0.5, 0.6) is 5.75 Å². The van der Waals surface area contributed by atoms with Gasteiger partial charge in [-0.2, -0.15) is 0 Å². The molecule has 0 radical (unpaired) electrons. The number of allylic oxidation sites excluding steroid dienone is 1. The maximum Gasteiger partial charge on any atom is 0.270 e. The Morgan fingerprint density at radius 2 is 2.00 bits per heavy atom. The van der Waals surface area contributed by atoms with Crippen LogP contribution in [-0.2, 0) is 4.79 Å². The standard InChI is InChI=1S/C12H13Cl2NO2/c1-8(13)11(14)12(16)15(2)9-5-4-6-10(7-9)17-3/h4-7H,1-3H3/b11-8-. The monoisotopic (exact) mass is 273 g/mol. The SMILES string of the molecule is COc1cccc(N(C)C(=O)/C(Cl)=C(\C)Cl)c1. The summed E-state index contributed by atoms with van der Waals surface area (Å²) in [6, 6.07) is 7.12. The topological polar surface area (TPSA) is 29.5 Å². The molecule has 0 atom stereocenters. The number of hydrogen-bond acceptors (Lipinski definition) is 2. The van der Waals surface area contributed by atoms with Crippen molar-refractivity contribution in [2.45, 2.75) is 6.92 Å². The van der Waals surface area contributed by atoms with Gasteiger partial charge in [-0.05, 0) is 19.1 Å². The van der Waals surface area contributed by atoms with Gasteiger partial charge in [-0.15, -0.1) is 0 Å². The Hall–Kier alpha value is -1.19. The van der Waals surface area contributed by atoms with E-state index in [4.69, 9.17) is 27.9 Å². The molecule has 3 nitrogen and oxygen atoms in total. The van der Waals surface area contributed by atoms with Crippen LogP contribution in [0, 0.1) is 0 Å². The molecular weight excluding hydrogens is 261 g/mol. The number of hydrogen-bond donors (Lipinski definition) is 0. The zero-order valence-electron chi connectivity index (χ0n) is 9.83. The third-order valence-electron chi connectivity index (χ3n) is 2.24. The van der Waals surface area contributed by atoms with Crippen LogP contribution in [-0.4, -0.2) is 20.1 Å². The fourth-order valence-electron chi connectivity index (χ4n) is 1.23. The number of methoxy groups -OCH3 is 1. The lowest BCUT2D eigenvalue weighted by molar-refractivity contribution is -0.114. The second-order valence-electron chi connectivity index (χ2n) is 3.41. The zero-order valence-corrected chi connectivity index (χ0v) is 11.3. The van der Waals surface area contributed by atoms with Crippen LogP contribution in [0.4, 0.5) is 5.69 Å². The first-order valence-corrected chi connectivity index (χ1v) is 5.67. The lowest BCUT2D eigenvalue weighted by Crippen LogP contribution is -2.26. The maximum atomic E-state index is 11.9. The van der Waals surface area contributed by atoms with Gasteiger partial charge in [0.25, 0.3) is 5.91 Å². The van der Waals surface area contributed by atoms with Crippen molar-refractivity contribution in [1.82, 2.24) is 0 Å². The lowest BCUT2D eigenvalue weighted by atomic mass is 10.2. The Balaban J connectivity index is 3.00. The summed E-state index contributed by atoms with van der Waals surface area (Å²) in [6.45, 7) is 1.57. The predicted octanol–water partition coefficient (Wildman–Crippen LogP) is 3.37. The molecular formula is C12H13Cl2NO2. The van der Waals surface area contributed by atoms with Crippen LogP contribution in [0.3, 0.4) is 0 Å². The molecule has 0 fully saturated rings. The number of benzene rings is 1. The summed E-state index contributed by atoms with van der Waals surface area (Å²) in [6.07, 6.45) is 0. The van der Waals surface area contributed by atoms with Gasteiger partial charge in [0.1, 0.15) is 10.8 Å². The molecule has 1 aromatic carbocycles. The van der Waals surface area contributed by atoms with Crippen molar-refractivity contribution in [3.05, 3.63) is 34.3 Å². The zero-order chi connectivity index (χ0) is 13.0. The summed E-state index contributed by atoms with van der Waals surface area (Å²) in [5, 5.41) is 0.281. The van der Waals surface area contributed by atoms with Gasteiger partial charge in [0.2, 0.25) is 0 Å². The molecule has 0 aliphatic carbocycles. The Morgan fingerprint density at radius 1 is 1.35 bits per heavy atom. The van der Waals surface area contributed by atoms with E-state index in [1.807, 2.05) is 0 Å². The molecule has 0 aromatic heterocycles. The van der Waals surface area contributed by atoms with E-state index in [2.05, 4.69) is 0 Å². The first-order chi connectivity index (χ1) is 7.97. The predicted molar refractivity (Wildman–Crippen MR) is 70.8 cm³/mol. The third kappa shape index (κ3) is 3.38. The summed E-state index contributed by atoms with van der Waals surface area (Å²) in [5.74, 6) is 0.317. The number of likely N-dealkylation sites (N-methyl/N-ethyl adjacent to an activating group) is 1. The molecule has 0 saturated carbocycles.